The van der Waals surface area contributed by atoms with Crippen LogP contribution in [0.25, 0.3) is 0 Å². The Bertz CT molecular complexity index is 497. The maximum absolute atomic E-state index is 5.65. The van der Waals surface area contributed by atoms with Gasteiger partial charge in [-0.1, -0.05) is 12.1 Å². The lowest BCUT2D eigenvalue weighted by Gasteiger charge is -2.06. The number of anilines is 1. The molecule has 0 radical (unpaired) electrons. The molecule has 2 rings (SSSR count). The second-order valence-corrected chi connectivity index (χ2v) is 3.85. The highest BCUT2D eigenvalue weighted by molar-refractivity contribution is 5.37. The maximum atomic E-state index is 5.65. The van der Waals surface area contributed by atoms with E-state index in [9.17, 15) is 0 Å². The molecule has 1 aromatic carbocycles. The van der Waals surface area contributed by atoms with Gasteiger partial charge in [0.05, 0.1) is 6.61 Å². The molecular formula is C14H16N2O. The van der Waals surface area contributed by atoms with E-state index in [4.69, 9.17) is 10.5 Å². The van der Waals surface area contributed by atoms with Crippen LogP contribution in [0.3, 0.4) is 0 Å². The third-order valence-corrected chi connectivity index (χ3v) is 2.46. The quantitative estimate of drug-likeness (QED) is 0.875. The molecule has 1 aromatic heterocycles. The Balaban J connectivity index is 2.15. The molecule has 0 bridgehead atoms. The summed E-state index contributed by atoms with van der Waals surface area (Å²) in [7, 11) is 0. The third-order valence-electron chi connectivity index (χ3n) is 2.46. The fraction of sp³-hybridized carbons (Fsp3) is 0.214. The van der Waals surface area contributed by atoms with Crippen LogP contribution in [0.15, 0.2) is 42.6 Å². The van der Waals surface area contributed by atoms with Gasteiger partial charge in [-0.3, -0.25) is 0 Å². The minimum atomic E-state index is 0.559. The predicted octanol–water partition coefficient (Wildman–Crippen LogP) is 2.65. The molecule has 2 aromatic rings. The van der Waals surface area contributed by atoms with E-state index in [0.29, 0.717) is 12.4 Å². The number of pyridine rings is 1. The number of nitrogens with two attached hydrogens (primary N) is 1. The van der Waals surface area contributed by atoms with Crippen LogP contribution in [-0.4, -0.2) is 11.6 Å². The summed E-state index contributed by atoms with van der Waals surface area (Å²) in [6.45, 7) is 2.67. The summed E-state index contributed by atoms with van der Waals surface area (Å²) in [6, 6.07) is 12.0. The molecule has 0 atom stereocenters. The summed E-state index contributed by atoms with van der Waals surface area (Å²) in [5, 5.41) is 0. The fourth-order valence-electron chi connectivity index (χ4n) is 1.75. The van der Waals surface area contributed by atoms with Gasteiger partial charge in [0, 0.05) is 6.20 Å². The molecule has 1 heterocycles. The summed E-state index contributed by atoms with van der Waals surface area (Å²) in [5.41, 5.74) is 8.02. The summed E-state index contributed by atoms with van der Waals surface area (Å²) < 4.78 is 5.47. The van der Waals surface area contributed by atoms with E-state index >= 15 is 0 Å². The van der Waals surface area contributed by atoms with Crippen LogP contribution >= 0.6 is 0 Å². The first kappa shape index (κ1) is 11.5. The van der Waals surface area contributed by atoms with Gasteiger partial charge in [0.25, 0.3) is 0 Å². The van der Waals surface area contributed by atoms with Crippen LogP contribution in [0.2, 0.25) is 0 Å². The van der Waals surface area contributed by atoms with Crippen LogP contribution < -0.4 is 10.5 Å². The molecule has 0 unspecified atom stereocenters. The molecule has 0 aliphatic carbocycles. The molecular weight excluding hydrogens is 212 g/mol. The van der Waals surface area contributed by atoms with Gasteiger partial charge in [0.2, 0.25) is 0 Å². The molecule has 0 saturated heterocycles. The maximum Gasteiger partial charge on any atom is 0.123 e. The van der Waals surface area contributed by atoms with Crippen LogP contribution in [0.4, 0.5) is 5.82 Å². The molecule has 17 heavy (non-hydrogen) atoms. The molecule has 0 amide bonds. The number of ether oxygens (including phenoxy) is 1. The second kappa shape index (κ2) is 5.34. The Morgan fingerprint density at radius 1 is 1.18 bits per heavy atom. The van der Waals surface area contributed by atoms with Crippen molar-refractivity contribution >= 4 is 5.82 Å². The van der Waals surface area contributed by atoms with Gasteiger partial charge >= 0.3 is 0 Å². The zero-order valence-corrected chi connectivity index (χ0v) is 9.89. The second-order valence-electron chi connectivity index (χ2n) is 3.85. The minimum Gasteiger partial charge on any atom is -0.494 e. The Kier molecular flexibility index (Phi) is 3.60. The van der Waals surface area contributed by atoms with E-state index in [1.807, 2.05) is 31.2 Å². The average molecular weight is 228 g/mol. The highest BCUT2D eigenvalue weighted by Gasteiger charge is 1.99. The van der Waals surface area contributed by atoms with Crippen molar-refractivity contribution in [3.63, 3.8) is 0 Å². The molecule has 0 aliphatic rings. The Morgan fingerprint density at radius 3 is 2.76 bits per heavy atom. The van der Waals surface area contributed by atoms with E-state index in [-0.39, 0.29) is 0 Å². The van der Waals surface area contributed by atoms with Gasteiger partial charge in [-0.25, -0.2) is 4.98 Å². The number of benzene rings is 1. The molecule has 3 nitrogen and oxygen atoms in total. The monoisotopic (exact) mass is 228 g/mol. The van der Waals surface area contributed by atoms with Gasteiger partial charge in [-0.05, 0) is 48.7 Å². The first-order chi connectivity index (χ1) is 8.28. The molecule has 2 N–H and O–H groups in total. The Morgan fingerprint density at radius 2 is 2.00 bits per heavy atom. The van der Waals surface area contributed by atoms with Crippen molar-refractivity contribution in [3.05, 3.63) is 53.7 Å². The number of nitrogens with zero attached hydrogens (tertiary/aromatic N) is 1. The molecule has 3 heteroatoms. The summed E-state index contributed by atoms with van der Waals surface area (Å²) in [4.78, 5) is 3.98. The lowest BCUT2D eigenvalue weighted by Crippen LogP contribution is -1.95. The summed E-state index contributed by atoms with van der Waals surface area (Å²) >= 11 is 0. The smallest absolute Gasteiger partial charge is 0.123 e. The third kappa shape index (κ3) is 3.21. The topological polar surface area (TPSA) is 48.1 Å². The number of rotatable bonds is 4. The SMILES string of the molecule is CCOc1cccc(Cc2ccnc(N)c2)c1. The van der Waals surface area contributed by atoms with Gasteiger partial charge in [-0.15, -0.1) is 0 Å². The van der Waals surface area contributed by atoms with Crippen LogP contribution in [0.5, 0.6) is 5.75 Å². The van der Waals surface area contributed by atoms with Crippen molar-refractivity contribution in [1.29, 1.82) is 0 Å². The summed E-state index contributed by atoms with van der Waals surface area (Å²) in [5.74, 6) is 1.47. The van der Waals surface area contributed by atoms with Crippen molar-refractivity contribution < 1.29 is 4.74 Å². The number of nitrogen functional groups attached to an aromatic ring is 1. The number of hydrogen-bond acceptors (Lipinski definition) is 3. The van der Waals surface area contributed by atoms with Crippen molar-refractivity contribution in [2.45, 2.75) is 13.3 Å². The zero-order chi connectivity index (χ0) is 12.1. The van der Waals surface area contributed by atoms with Crippen LogP contribution in [0, 0.1) is 0 Å². The van der Waals surface area contributed by atoms with Crippen molar-refractivity contribution in [2.75, 3.05) is 12.3 Å². The average Bonchev–Trinajstić information content (AvgIpc) is 2.30. The Hall–Kier alpha value is -2.03. The highest BCUT2D eigenvalue weighted by atomic mass is 16.5. The predicted molar refractivity (Wildman–Crippen MR) is 69.1 cm³/mol. The van der Waals surface area contributed by atoms with Crippen LogP contribution in [0.1, 0.15) is 18.1 Å². The van der Waals surface area contributed by atoms with E-state index in [0.717, 1.165) is 17.7 Å². The fourth-order valence-corrected chi connectivity index (χ4v) is 1.75. The summed E-state index contributed by atoms with van der Waals surface area (Å²) in [6.07, 6.45) is 2.57. The molecule has 0 aliphatic heterocycles. The highest BCUT2D eigenvalue weighted by Crippen LogP contribution is 2.17. The zero-order valence-electron chi connectivity index (χ0n) is 9.89. The van der Waals surface area contributed by atoms with Crippen LogP contribution in [-0.2, 0) is 6.42 Å². The molecule has 88 valence electrons. The lowest BCUT2D eigenvalue weighted by molar-refractivity contribution is 0.340. The largest absolute Gasteiger partial charge is 0.494 e. The number of hydrogen-bond donors (Lipinski definition) is 1. The molecule has 0 fully saturated rings. The van der Waals surface area contributed by atoms with Gasteiger partial charge in [0.1, 0.15) is 11.6 Å². The first-order valence-electron chi connectivity index (χ1n) is 5.70. The van der Waals surface area contributed by atoms with E-state index < -0.39 is 0 Å². The van der Waals surface area contributed by atoms with Gasteiger partial charge in [-0.2, -0.15) is 0 Å². The van der Waals surface area contributed by atoms with Crippen molar-refractivity contribution in [1.82, 2.24) is 4.98 Å². The van der Waals surface area contributed by atoms with Crippen molar-refractivity contribution in [2.24, 2.45) is 0 Å². The van der Waals surface area contributed by atoms with E-state index in [1.165, 1.54) is 5.56 Å². The number of aromatic nitrogens is 1. The molecule has 0 saturated carbocycles. The lowest BCUT2D eigenvalue weighted by atomic mass is 10.1. The van der Waals surface area contributed by atoms with Crippen molar-refractivity contribution in [3.8, 4) is 5.75 Å². The molecule has 0 spiro atoms. The minimum absolute atomic E-state index is 0.559. The van der Waals surface area contributed by atoms with E-state index in [2.05, 4.69) is 17.1 Å². The van der Waals surface area contributed by atoms with Gasteiger partial charge in [0.15, 0.2) is 0 Å². The normalized spacial score (nSPS) is 10.2. The first-order valence-corrected chi connectivity index (χ1v) is 5.70. The Labute approximate surface area is 101 Å². The van der Waals surface area contributed by atoms with Gasteiger partial charge < -0.3 is 10.5 Å². The van der Waals surface area contributed by atoms with E-state index in [1.54, 1.807) is 6.20 Å². The standard InChI is InChI=1S/C14H16N2O/c1-2-17-13-5-3-4-11(9-13)8-12-6-7-16-14(15)10-12/h3-7,9-10H,2,8H2,1H3,(H2,15,16).